The van der Waals surface area contributed by atoms with E-state index >= 15 is 0 Å². The lowest BCUT2D eigenvalue weighted by Gasteiger charge is -2.09. The molecule has 0 saturated carbocycles. The molecule has 2 aromatic rings. The number of amides is 1. The van der Waals surface area contributed by atoms with Crippen molar-refractivity contribution in [1.29, 1.82) is 0 Å². The van der Waals surface area contributed by atoms with Gasteiger partial charge in [0.05, 0.1) is 4.91 Å². The van der Waals surface area contributed by atoms with Crippen molar-refractivity contribution in [3.63, 3.8) is 0 Å². The topological polar surface area (TPSA) is 47.6 Å². The zero-order valence-electron chi connectivity index (χ0n) is 13.7. The van der Waals surface area contributed by atoms with E-state index < -0.39 is 0 Å². The number of rotatable bonds is 6. The zero-order valence-corrected chi connectivity index (χ0v) is 15.3. The van der Waals surface area contributed by atoms with Crippen LogP contribution in [0.25, 0.3) is 6.08 Å². The van der Waals surface area contributed by atoms with Crippen molar-refractivity contribution < 1.29 is 14.3 Å². The Balaban J connectivity index is 1.53. The summed E-state index contributed by atoms with van der Waals surface area (Å²) in [5, 5.41) is 2.60. The lowest BCUT2D eigenvalue weighted by molar-refractivity contribution is -0.115. The highest BCUT2D eigenvalue weighted by Gasteiger charge is 2.21. The number of thioether (sulfide) groups is 1. The summed E-state index contributed by atoms with van der Waals surface area (Å²) in [6.07, 6.45) is 1.80. The van der Waals surface area contributed by atoms with Crippen molar-refractivity contribution >= 4 is 40.3 Å². The molecule has 4 nitrogen and oxygen atoms in total. The monoisotopic (exact) mass is 371 g/mol. The minimum atomic E-state index is -0.159. The first-order valence-corrected chi connectivity index (χ1v) is 9.00. The van der Waals surface area contributed by atoms with Gasteiger partial charge < -0.3 is 14.8 Å². The third-order valence-corrected chi connectivity index (χ3v) is 4.60. The van der Waals surface area contributed by atoms with E-state index in [1.54, 1.807) is 6.08 Å². The van der Waals surface area contributed by atoms with E-state index in [2.05, 4.69) is 5.32 Å². The normalized spacial score (nSPS) is 15.3. The number of ether oxygens (including phenoxy) is 2. The molecule has 1 aliphatic rings. The number of carbonyl (C=O) groups excluding carboxylic acids is 1. The molecular formula is C19H17NO3S2. The quantitative estimate of drug-likeness (QED) is 0.473. The van der Waals surface area contributed by atoms with Crippen LogP contribution < -0.4 is 14.8 Å². The van der Waals surface area contributed by atoms with Crippen molar-refractivity contribution in [2.45, 2.75) is 6.92 Å². The molecule has 6 heteroatoms. The van der Waals surface area contributed by atoms with Gasteiger partial charge in [-0.05, 0) is 42.8 Å². The third-order valence-electron chi connectivity index (χ3n) is 3.44. The molecule has 0 radical (unpaired) electrons. The fraction of sp³-hybridized carbons (Fsp3) is 0.158. The molecule has 0 spiro atoms. The summed E-state index contributed by atoms with van der Waals surface area (Å²) in [5.41, 5.74) is 2.09. The lowest BCUT2D eigenvalue weighted by Crippen LogP contribution is -2.17. The summed E-state index contributed by atoms with van der Waals surface area (Å²) in [6, 6.07) is 15.5. The first kappa shape index (κ1) is 17.5. The van der Waals surface area contributed by atoms with Gasteiger partial charge in [-0.1, -0.05) is 53.8 Å². The second kappa shape index (κ2) is 8.18. The van der Waals surface area contributed by atoms with E-state index in [1.807, 2.05) is 55.5 Å². The van der Waals surface area contributed by atoms with Crippen molar-refractivity contribution in [2.75, 3.05) is 13.2 Å². The number of aryl methyl sites for hydroxylation is 1. The molecule has 1 N–H and O–H groups in total. The average molecular weight is 371 g/mol. The molecule has 1 fully saturated rings. The molecule has 0 bridgehead atoms. The largest absolute Gasteiger partial charge is 0.490 e. The van der Waals surface area contributed by atoms with Gasteiger partial charge in [0.15, 0.2) is 0 Å². The number of hydrogen-bond acceptors (Lipinski definition) is 5. The Bertz CT molecular complexity index is 816. The lowest BCUT2D eigenvalue weighted by atomic mass is 10.2. The van der Waals surface area contributed by atoms with Crippen LogP contribution in [0.15, 0.2) is 53.4 Å². The standard InChI is InChI=1S/C19H17NO3S2/c1-13-5-7-15(8-6-13)22-9-10-23-16-4-2-3-14(11-16)12-17-18(21)20-19(24)25-17/h2-8,11-12H,9-10H2,1H3,(H,20,21,24). The fourth-order valence-corrected chi connectivity index (χ4v) is 3.26. The van der Waals surface area contributed by atoms with Gasteiger partial charge in [0.2, 0.25) is 0 Å². The van der Waals surface area contributed by atoms with Gasteiger partial charge in [0, 0.05) is 0 Å². The van der Waals surface area contributed by atoms with E-state index in [9.17, 15) is 4.79 Å². The van der Waals surface area contributed by atoms with E-state index in [-0.39, 0.29) is 5.91 Å². The maximum absolute atomic E-state index is 11.7. The fourth-order valence-electron chi connectivity index (χ4n) is 2.22. The molecule has 128 valence electrons. The maximum atomic E-state index is 11.7. The van der Waals surface area contributed by atoms with Gasteiger partial charge in [0.25, 0.3) is 5.91 Å². The summed E-state index contributed by atoms with van der Waals surface area (Å²) in [6.45, 7) is 2.94. The van der Waals surface area contributed by atoms with E-state index in [0.29, 0.717) is 22.4 Å². The van der Waals surface area contributed by atoms with Crippen LogP contribution in [0.4, 0.5) is 0 Å². The Morgan fingerprint density at radius 3 is 2.48 bits per heavy atom. The van der Waals surface area contributed by atoms with E-state index in [1.165, 1.54) is 17.3 Å². The van der Waals surface area contributed by atoms with Crippen LogP contribution in [0, 0.1) is 6.92 Å². The second-order valence-electron chi connectivity index (χ2n) is 5.43. The van der Waals surface area contributed by atoms with Crippen molar-refractivity contribution in [3.8, 4) is 11.5 Å². The molecule has 1 heterocycles. The molecule has 0 unspecified atom stereocenters. The molecule has 3 rings (SSSR count). The predicted molar refractivity (Wildman–Crippen MR) is 105 cm³/mol. The Labute approximate surface area is 156 Å². The summed E-state index contributed by atoms with van der Waals surface area (Å²) in [4.78, 5) is 12.3. The van der Waals surface area contributed by atoms with Crippen molar-refractivity contribution in [3.05, 3.63) is 64.6 Å². The Kier molecular flexibility index (Phi) is 5.73. The summed E-state index contributed by atoms with van der Waals surface area (Å²) in [7, 11) is 0. The third kappa shape index (κ3) is 5.08. The Morgan fingerprint density at radius 2 is 1.80 bits per heavy atom. The van der Waals surface area contributed by atoms with Crippen LogP contribution in [-0.2, 0) is 4.79 Å². The highest BCUT2D eigenvalue weighted by Crippen LogP contribution is 2.26. The van der Waals surface area contributed by atoms with Crippen LogP contribution in [-0.4, -0.2) is 23.4 Å². The van der Waals surface area contributed by atoms with Gasteiger partial charge in [-0.15, -0.1) is 0 Å². The minimum absolute atomic E-state index is 0.159. The second-order valence-corrected chi connectivity index (χ2v) is 7.15. The molecule has 0 aromatic heterocycles. The summed E-state index contributed by atoms with van der Waals surface area (Å²) in [5.74, 6) is 1.40. The number of thiocarbonyl (C=S) groups is 1. The van der Waals surface area contributed by atoms with Crippen molar-refractivity contribution in [1.82, 2.24) is 5.32 Å². The molecule has 0 aliphatic carbocycles. The van der Waals surface area contributed by atoms with Gasteiger partial charge >= 0.3 is 0 Å². The minimum Gasteiger partial charge on any atom is -0.490 e. The van der Waals surface area contributed by atoms with Crippen LogP contribution in [0.5, 0.6) is 11.5 Å². The highest BCUT2D eigenvalue weighted by atomic mass is 32.2. The molecule has 1 saturated heterocycles. The first-order valence-electron chi connectivity index (χ1n) is 7.77. The van der Waals surface area contributed by atoms with E-state index in [4.69, 9.17) is 21.7 Å². The highest BCUT2D eigenvalue weighted by molar-refractivity contribution is 8.26. The van der Waals surface area contributed by atoms with Gasteiger partial charge in [-0.3, -0.25) is 4.79 Å². The van der Waals surface area contributed by atoms with Crippen LogP contribution in [0.1, 0.15) is 11.1 Å². The number of benzene rings is 2. The van der Waals surface area contributed by atoms with Crippen molar-refractivity contribution in [2.24, 2.45) is 0 Å². The van der Waals surface area contributed by atoms with Gasteiger partial charge in [-0.2, -0.15) is 0 Å². The smallest absolute Gasteiger partial charge is 0.263 e. The number of hydrogen-bond donors (Lipinski definition) is 1. The Morgan fingerprint density at radius 1 is 1.08 bits per heavy atom. The molecular weight excluding hydrogens is 354 g/mol. The molecule has 1 amide bonds. The average Bonchev–Trinajstić information content (AvgIpc) is 2.91. The Hall–Kier alpha value is -2.31. The SMILES string of the molecule is Cc1ccc(OCCOc2cccc(C=C3SC(=S)NC3=O)c2)cc1. The number of carbonyl (C=O) groups is 1. The van der Waals surface area contributed by atoms with Gasteiger partial charge in [0.1, 0.15) is 29.0 Å². The number of nitrogens with one attached hydrogen (secondary N) is 1. The van der Waals surface area contributed by atoms with E-state index in [0.717, 1.165) is 17.1 Å². The first-order chi connectivity index (χ1) is 12.1. The van der Waals surface area contributed by atoms with Gasteiger partial charge in [-0.25, -0.2) is 0 Å². The van der Waals surface area contributed by atoms with Crippen LogP contribution in [0.3, 0.4) is 0 Å². The molecule has 25 heavy (non-hydrogen) atoms. The molecule has 2 aromatic carbocycles. The zero-order chi connectivity index (χ0) is 17.6. The molecule has 0 atom stereocenters. The molecule has 1 aliphatic heterocycles. The maximum Gasteiger partial charge on any atom is 0.263 e. The summed E-state index contributed by atoms with van der Waals surface area (Å²) < 4.78 is 11.8. The van der Waals surface area contributed by atoms with Crippen LogP contribution >= 0.6 is 24.0 Å². The predicted octanol–water partition coefficient (Wildman–Crippen LogP) is 3.94. The van der Waals surface area contributed by atoms with Crippen LogP contribution in [0.2, 0.25) is 0 Å². The summed E-state index contributed by atoms with van der Waals surface area (Å²) >= 11 is 6.25.